The quantitative estimate of drug-likeness (QED) is 0.201. The van der Waals surface area contributed by atoms with Gasteiger partial charge in [-0.2, -0.15) is 0 Å². The second-order valence-corrected chi connectivity index (χ2v) is 7.93. The zero-order chi connectivity index (χ0) is 25.1. The number of Topliss-reactive ketones (excluding diaryl/α,β-unsaturated/α-hetero) is 1. The van der Waals surface area contributed by atoms with E-state index in [2.05, 4.69) is 0 Å². The van der Waals surface area contributed by atoms with Gasteiger partial charge in [-0.3, -0.25) is 4.79 Å². The second kappa shape index (κ2) is 9.89. The third-order valence-electron chi connectivity index (χ3n) is 5.38. The van der Waals surface area contributed by atoms with Crippen LogP contribution in [0.2, 0.25) is 0 Å². The van der Waals surface area contributed by atoms with Crippen LogP contribution in [0.5, 0.6) is 5.75 Å². The predicted molar refractivity (Wildman–Crippen MR) is 124 cm³/mol. The van der Waals surface area contributed by atoms with Crippen molar-refractivity contribution in [3.8, 4) is 5.75 Å². The van der Waals surface area contributed by atoms with Crippen molar-refractivity contribution in [3.63, 3.8) is 0 Å². The van der Waals surface area contributed by atoms with E-state index in [0.717, 1.165) is 34.7 Å². The fraction of sp³-hybridized carbons (Fsp3) is 0.148. The van der Waals surface area contributed by atoms with E-state index in [1.165, 1.54) is 25.1 Å². The van der Waals surface area contributed by atoms with Crippen LogP contribution < -0.4 is 10.4 Å². The Morgan fingerprint density at radius 2 is 1.63 bits per heavy atom. The Kier molecular flexibility index (Phi) is 6.73. The van der Waals surface area contributed by atoms with Gasteiger partial charge in [0.1, 0.15) is 17.9 Å². The maximum Gasteiger partial charge on any atom is 0.338 e. The Balaban J connectivity index is 1.37. The molecule has 35 heavy (non-hydrogen) atoms. The number of ether oxygens (including phenoxy) is 2. The maximum atomic E-state index is 13.4. The van der Waals surface area contributed by atoms with E-state index in [0.29, 0.717) is 11.3 Å². The molecule has 0 aliphatic rings. The lowest BCUT2D eigenvalue weighted by atomic mass is 10.1. The van der Waals surface area contributed by atoms with Crippen LogP contribution in [0.4, 0.5) is 8.78 Å². The molecule has 1 unspecified atom stereocenters. The molecule has 178 valence electrons. The average molecular weight is 478 g/mol. The lowest BCUT2D eigenvalue weighted by molar-refractivity contribution is 0.0318. The molecular weight excluding hydrogens is 458 g/mol. The number of carbonyl (C=O) groups excluding carboxylic acids is 2. The van der Waals surface area contributed by atoms with E-state index < -0.39 is 35.1 Å². The first-order valence-corrected chi connectivity index (χ1v) is 10.7. The number of fused-ring (bicyclic) bond motifs is 1. The SMILES string of the molecule is Cc1cc(=O)oc2cc(OCc3ccc(C(=O)OC(C)C(=O)c4ccc(F)c(F)c4)cc3)ccc12. The Hall–Kier alpha value is -4.33. The van der Waals surface area contributed by atoms with Crippen molar-refractivity contribution in [2.75, 3.05) is 0 Å². The Morgan fingerprint density at radius 3 is 2.34 bits per heavy atom. The van der Waals surface area contributed by atoms with E-state index in [1.807, 2.05) is 13.0 Å². The molecule has 0 saturated heterocycles. The molecule has 4 aromatic rings. The molecule has 0 radical (unpaired) electrons. The summed E-state index contributed by atoms with van der Waals surface area (Å²) in [6.07, 6.45) is -1.19. The smallest absolute Gasteiger partial charge is 0.338 e. The third kappa shape index (κ3) is 5.43. The molecule has 1 aromatic heterocycles. The molecule has 0 spiro atoms. The lowest BCUT2D eigenvalue weighted by Crippen LogP contribution is -2.24. The predicted octanol–water partition coefficient (Wildman–Crippen LogP) is 5.39. The summed E-state index contributed by atoms with van der Waals surface area (Å²) in [6.45, 7) is 3.38. The van der Waals surface area contributed by atoms with Crippen LogP contribution in [0.1, 0.15) is 38.8 Å². The second-order valence-electron chi connectivity index (χ2n) is 7.93. The van der Waals surface area contributed by atoms with Gasteiger partial charge in [0.05, 0.1) is 5.56 Å². The fourth-order valence-electron chi connectivity index (χ4n) is 3.46. The molecule has 0 N–H and O–H groups in total. The first kappa shape index (κ1) is 23.8. The highest BCUT2D eigenvalue weighted by molar-refractivity contribution is 6.01. The standard InChI is InChI=1S/C27H20F2O6/c1-15-11-25(30)35-24-13-20(8-9-21(15)24)33-14-17-3-5-18(6-4-17)27(32)34-16(2)26(31)19-7-10-22(28)23(29)12-19/h3-13,16H,14H2,1-2H3. The van der Waals surface area contributed by atoms with Crippen LogP contribution in [0.25, 0.3) is 11.0 Å². The molecule has 1 atom stereocenters. The highest BCUT2D eigenvalue weighted by Crippen LogP contribution is 2.23. The highest BCUT2D eigenvalue weighted by atomic mass is 19.2. The molecule has 8 heteroatoms. The van der Waals surface area contributed by atoms with E-state index >= 15 is 0 Å². The highest BCUT2D eigenvalue weighted by Gasteiger charge is 2.21. The van der Waals surface area contributed by atoms with Gasteiger partial charge in [-0.15, -0.1) is 0 Å². The van der Waals surface area contributed by atoms with E-state index in [4.69, 9.17) is 13.9 Å². The molecule has 3 aromatic carbocycles. The van der Waals surface area contributed by atoms with Crippen molar-refractivity contribution >= 4 is 22.7 Å². The van der Waals surface area contributed by atoms with Crippen LogP contribution in [-0.2, 0) is 11.3 Å². The number of hydrogen-bond acceptors (Lipinski definition) is 6. The summed E-state index contributed by atoms with van der Waals surface area (Å²) in [7, 11) is 0. The lowest BCUT2D eigenvalue weighted by Gasteiger charge is -2.13. The molecule has 1 heterocycles. The van der Waals surface area contributed by atoms with Gasteiger partial charge in [0.2, 0.25) is 5.78 Å². The van der Waals surface area contributed by atoms with E-state index in [1.54, 1.807) is 24.3 Å². The number of carbonyl (C=O) groups is 2. The maximum absolute atomic E-state index is 13.4. The van der Waals surface area contributed by atoms with Crippen LogP contribution >= 0.6 is 0 Å². The first-order valence-electron chi connectivity index (χ1n) is 10.7. The number of aryl methyl sites for hydroxylation is 1. The number of halogens is 2. The van der Waals surface area contributed by atoms with Crippen molar-refractivity contribution < 1.29 is 32.3 Å². The molecule has 0 saturated carbocycles. The Bertz CT molecular complexity index is 1470. The van der Waals surface area contributed by atoms with Gasteiger partial charge >= 0.3 is 11.6 Å². The van der Waals surface area contributed by atoms with Crippen molar-refractivity contribution in [1.29, 1.82) is 0 Å². The minimum Gasteiger partial charge on any atom is -0.489 e. The summed E-state index contributed by atoms with van der Waals surface area (Å²) in [5.41, 5.74) is 1.68. The summed E-state index contributed by atoms with van der Waals surface area (Å²) in [5, 5.41) is 0.817. The molecule has 4 rings (SSSR count). The molecule has 0 aliphatic heterocycles. The summed E-state index contributed by atoms with van der Waals surface area (Å²) in [6, 6.07) is 15.8. The number of rotatable bonds is 7. The summed E-state index contributed by atoms with van der Waals surface area (Å²) in [4.78, 5) is 36.4. The zero-order valence-electron chi connectivity index (χ0n) is 18.8. The van der Waals surface area contributed by atoms with Crippen LogP contribution in [0, 0.1) is 18.6 Å². The van der Waals surface area contributed by atoms with E-state index in [-0.39, 0.29) is 17.7 Å². The van der Waals surface area contributed by atoms with E-state index in [9.17, 15) is 23.2 Å². The molecule has 0 fully saturated rings. The zero-order valence-corrected chi connectivity index (χ0v) is 18.8. The van der Waals surface area contributed by atoms with Gasteiger partial charge in [-0.1, -0.05) is 12.1 Å². The van der Waals surface area contributed by atoms with Crippen LogP contribution in [0.3, 0.4) is 0 Å². The normalized spacial score (nSPS) is 11.8. The number of esters is 1. The van der Waals surface area contributed by atoms with Gasteiger partial charge in [0.25, 0.3) is 0 Å². The molecular formula is C27H20F2O6. The van der Waals surface area contributed by atoms with Crippen LogP contribution in [-0.4, -0.2) is 17.9 Å². The first-order chi connectivity index (χ1) is 16.7. The van der Waals surface area contributed by atoms with Crippen molar-refractivity contribution in [2.45, 2.75) is 26.6 Å². The van der Waals surface area contributed by atoms with Gasteiger partial charge in [-0.05, 0) is 67.4 Å². The van der Waals surface area contributed by atoms with Crippen molar-refractivity contribution in [1.82, 2.24) is 0 Å². The van der Waals surface area contributed by atoms with Crippen molar-refractivity contribution in [2.24, 2.45) is 0 Å². The Labute approximate surface area is 198 Å². The molecule has 6 nitrogen and oxygen atoms in total. The Morgan fingerprint density at radius 1 is 0.914 bits per heavy atom. The van der Waals surface area contributed by atoms with Gasteiger partial charge in [0.15, 0.2) is 17.7 Å². The van der Waals surface area contributed by atoms with Gasteiger partial charge in [0, 0.05) is 23.1 Å². The number of ketones is 1. The van der Waals surface area contributed by atoms with Crippen molar-refractivity contribution in [3.05, 3.63) is 111 Å². The molecule has 0 aliphatic carbocycles. The molecule has 0 amide bonds. The average Bonchev–Trinajstić information content (AvgIpc) is 2.83. The monoisotopic (exact) mass is 478 g/mol. The van der Waals surface area contributed by atoms with Gasteiger partial charge < -0.3 is 13.9 Å². The molecule has 0 bridgehead atoms. The minimum atomic E-state index is -1.19. The topological polar surface area (TPSA) is 82.8 Å². The van der Waals surface area contributed by atoms with Gasteiger partial charge in [-0.25, -0.2) is 18.4 Å². The third-order valence-corrected chi connectivity index (χ3v) is 5.38. The summed E-state index contributed by atoms with van der Waals surface area (Å²) in [5.74, 6) is -3.10. The largest absolute Gasteiger partial charge is 0.489 e. The summed E-state index contributed by atoms with van der Waals surface area (Å²) < 4.78 is 42.6. The number of benzene rings is 3. The number of hydrogen-bond donors (Lipinski definition) is 0. The minimum absolute atomic E-state index is 0.0974. The fourth-order valence-corrected chi connectivity index (χ4v) is 3.46. The van der Waals surface area contributed by atoms with Crippen LogP contribution in [0.15, 0.2) is 75.9 Å². The summed E-state index contributed by atoms with van der Waals surface area (Å²) >= 11 is 0.